The maximum absolute atomic E-state index is 13.0. The number of hydrogen-bond donors (Lipinski definition) is 1. The van der Waals surface area contributed by atoms with E-state index in [1.54, 1.807) is 6.07 Å². The monoisotopic (exact) mass is 264 g/mol. The second-order valence-corrected chi connectivity index (χ2v) is 4.00. The molecule has 0 saturated carbocycles. The number of rotatable bonds is 2. The van der Waals surface area contributed by atoms with Crippen molar-refractivity contribution in [3.05, 3.63) is 58.6 Å². The van der Waals surface area contributed by atoms with Gasteiger partial charge in [-0.1, -0.05) is 11.6 Å². The van der Waals surface area contributed by atoms with E-state index in [1.807, 2.05) is 6.07 Å². The molecule has 0 unspecified atom stereocenters. The summed E-state index contributed by atoms with van der Waals surface area (Å²) in [7, 11) is 0. The van der Waals surface area contributed by atoms with Crippen LogP contribution in [0.15, 0.2) is 36.4 Å². The van der Waals surface area contributed by atoms with E-state index in [0.717, 1.165) is 18.2 Å². The Morgan fingerprint density at radius 2 is 1.67 bits per heavy atom. The van der Waals surface area contributed by atoms with E-state index in [1.165, 1.54) is 12.1 Å². The van der Waals surface area contributed by atoms with Crippen LogP contribution in [0.4, 0.5) is 20.2 Å². The largest absolute Gasteiger partial charge is 0.355 e. The quantitative estimate of drug-likeness (QED) is 0.881. The Hall–Kier alpha value is -2.12. The first-order chi connectivity index (χ1) is 8.58. The van der Waals surface area contributed by atoms with Crippen LogP contribution >= 0.6 is 11.6 Å². The van der Waals surface area contributed by atoms with Crippen LogP contribution in [-0.4, -0.2) is 0 Å². The molecule has 2 aromatic carbocycles. The molecule has 2 rings (SSSR count). The zero-order valence-corrected chi connectivity index (χ0v) is 9.80. The molecule has 5 heteroatoms. The van der Waals surface area contributed by atoms with E-state index in [4.69, 9.17) is 16.9 Å². The number of benzene rings is 2. The predicted molar refractivity (Wildman–Crippen MR) is 65.8 cm³/mol. The fourth-order valence-electron chi connectivity index (χ4n) is 1.48. The van der Waals surface area contributed by atoms with Crippen molar-refractivity contribution in [2.24, 2.45) is 0 Å². The predicted octanol–water partition coefficient (Wildman–Crippen LogP) is 4.23. The van der Waals surface area contributed by atoms with Gasteiger partial charge in [-0.15, -0.1) is 0 Å². The van der Waals surface area contributed by atoms with Crippen molar-refractivity contribution < 1.29 is 8.78 Å². The minimum absolute atomic E-state index is 0.272. The molecule has 0 radical (unpaired) electrons. The Balaban J connectivity index is 2.29. The van der Waals surface area contributed by atoms with E-state index in [0.29, 0.717) is 11.3 Å². The maximum atomic E-state index is 13.0. The molecule has 2 aromatic rings. The van der Waals surface area contributed by atoms with E-state index >= 15 is 0 Å². The molecule has 0 aliphatic carbocycles. The molecule has 0 amide bonds. The van der Waals surface area contributed by atoms with Gasteiger partial charge in [-0.25, -0.2) is 8.78 Å². The molecular formula is C13H7ClF2N2. The molecule has 0 heterocycles. The number of hydrogen-bond acceptors (Lipinski definition) is 2. The van der Waals surface area contributed by atoms with Gasteiger partial charge in [-0.2, -0.15) is 5.26 Å². The Morgan fingerprint density at radius 1 is 1.00 bits per heavy atom. The maximum Gasteiger partial charge on any atom is 0.128 e. The van der Waals surface area contributed by atoms with Gasteiger partial charge in [0.1, 0.15) is 17.7 Å². The van der Waals surface area contributed by atoms with Gasteiger partial charge < -0.3 is 5.32 Å². The highest BCUT2D eigenvalue weighted by molar-refractivity contribution is 6.32. The summed E-state index contributed by atoms with van der Waals surface area (Å²) in [6.07, 6.45) is 0. The van der Waals surface area contributed by atoms with Gasteiger partial charge in [0.15, 0.2) is 0 Å². The summed E-state index contributed by atoms with van der Waals surface area (Å²) in [6.45, 7) is 0. The first-order valence-electron chi connectivity index (χ1n) is 5.01. The highest BCUT2D eigenvalue weighted by Gasteiger charge is 2.03. The summed E-state index contributed by atoms with van der Waals surface area (Å²) in [5, 5.41) is 11.8. The molecule has 18 heavy (non-hydrogen) atoms. The third-order valence-electron chi connectivity index (χ3n) is 2.24. The number of halogens is 3. The van der Waals surface area contributed by atoms with Crippen molar-refractivity contribution in [3.8, 4) is 6.07 Å². The lowest BCUT2D eigenvalue weighted by molar-refractivity contribution is 0.584. The molecule has 0 atom stereocenters. The van der Waals surface area contributed by atoms with Crippen LogP contribution in [0.5, 0.6) is 0 Å². The Bertz CT molecular complexity index is 615. The van der Waals surface area contributed by atoms with E-state index < -0.39 is 11.6 Å². The van der Waals surface area contributed by atoms with Crippen molar-refractivity contribution in [2.75, 3.05) is 5.32 Å². The lowest BCUT2D eigenvalue weighted by atomic mass is 10.2. The number of anilines is 2. The van der Waals surface area contributed by atoms with Gasteiger partial charge >= 0.3 is 0 Å². The smallest absolute Gasteiger partial charge is 0.128 e. The summed E-state index contributed by atoms with van der Waals surface area (Å²) in [6, 6.07) is 9.69. The average Bonchev–Trinajstić information content (AvgIpc) is 2.27. The van der Waals surface area contributed by atoms with Crippen LogP contribution in [0.3, 0.4) is 0 Å². The zero-order valence-electron chi connectivity index (χ0n) is 9.05. The molecule has 1 N–H and O–H groups in total. The van der Waals surface area contributed by atoms with Crippen LogP contribution in [0.1, 0.15) is 5.56 Å². The van der Waals surface area contributed by atoms with Crippen LogP contribution in [0, 0.1) is 23.0 Å². The van der Waals surface area contributed by atoms with Gasteiger partial charge in [-0.3, -0.25) is 0 Å². The van der Waals surface area contributed by atoms with Gasteiger partial charge in [0.2, 0.25) is 0 Å². The summed E-state index contributed by atoms with van der Waals surface area (Å²) >= 11 is 5.85. The lowest BCUT2D eigenvalue weighted by Crippen LogP contribution is -1.93. The Labute approximate surface area is 107 Å². The summed E-state index contributed by atoms with van der Waals surface area (Å²) in [5.41, 5.74) is 1.16. The number of nitrogens with one attached hydrogen (secondary N) is 1. The van der Waals surface area contributed by atoms with E-state index in [9.17, 15) is 8.78 Å². The van der Waals surface area contributed by atoms with Crippen molar-refractivity contribution in [2.45, 2.75) is 0 Å². The van der Waals surface area contributed by atoms with Crippen LogP contribution < -0.4 is 5.32 Å². The van der Waals surface area contributed by atoms with Crippen molar-refractivity contribution >= 4 is 23.0 Å². The summed E-state index contributed by atoms with van der Waals surface area (Å²) in [4.78, 5) is 0. The van der Waals surface area contributed by atoms with Crippen molar-refractivity contribution in [1.29, 1.82) is 5.26 Å². The van der Waals surface area contributed by atoms with Crippen LogP contribution in [-0.2, 0) is 0 Å². The van der Waals surface area contributed by atoms with Crippen LogP contribution in [0.25, 0.3) is 0 Å². The number of nitrogens with zero attached hydrogens (tertiary/aromatic N) is 1. The average molecular weight is 265 g/mol. The second kappa shape index (κ2) is 5.03. The van der Waals surface area contributed by atoms with E-state index in [-0.39, 0.29) is 10.7 Å². The topological polar surface area (TPSA) is 35.8 Å². The zero-order chi connectivity index (χ0) is 13.1. The standard InChI is InChI=1S/C13H7ClF2N2/c14-13-6-11(2-1-8(13)7-17)18-12-4-9(15)3-10(16)5-12/h1-6,18H. The number of nitriles is 1. The lowest BCUT2D eigenvalue weighted by Gasteiger charge is -2.07. The molecule has 0 saturated heterocycles. The molecule has 2 nitrogen and oxygen atoms in total. The summed E-state index contributed by atoms with van der Waals surface area (Å²) < 4.78 is 26.0. The molecule has 0 aliphatic heterocycles. The minimum Gasteiger partial charge on any atom is -0.355 e. The molecule has 0 spiro atoms. The third kappa shape index (κ3) is 2.76. The first kappa shape index (κ1) is 12.3. The van der Waals surface area contributed by atoms with Crippen LogP contribution in [0.2, 0.25) is 5.02 Å². The van der Waals surface area contributed by atoms with Crippen molar-refractivity contribution in [3.63, 3.8) is 0 Å². The van der Waals surface area contributed by atoms with Gasteiger partial charge in [-0.05, 0) is 30.3 Å². The van der Waals surface area contributed by atoms with Crippen molar-refractivity contribution in [1.82, 2.24) is 0 Å². The van der Waals surface area contributed by atoms with E-state index in [2.05, 4.69) is 5.32 Å². The highest BCUT2D eigenvalue weighted by atomic mass is 35.5. The molecular weight excluding hydrogens is 258 g/mol. The summed E-state index contributed by atoms with van der Waals surface area (Å²) in [5.74, 6) is -1.34. The molecule has 90 valence electrons. The minimum atomic E-state index is -0.669. The SMILES string of the molecule is N#Cc1ccc(Nc2cc(F)cc(F)c2)cc1Cl. The molecule has 0 aromatic heterocycles. The molecule has 0 aliphatic rings. The molecule has 0 bridgehead atoms. The molecule has 0 fully saturated rings. The highest BCUT2D eigenvalue weighted by Crippen LogP contribution is 2.24. The fourth-order valence-corrected chi connectivity index (χ4v) is 1.70. The Morgan fingerprint density at radius 3 is 2.22 bits per heavy atom. The fraction of sp³-hybridized carbons (Fsp3) is 0. The van der Waals surface area contributed by atoms with Gasteiger partial charge in [0.05, 0.1) is 10.6 Å². The van der Waals surface area contributed by atoms with Gasteiger partial charge in [0, 0.05) is 17.4 Å². The first-order valence-corrected chi connectivity index (χ1v) is 5.39. The Kier molecular flexibility index (Phi) is 3.45. The van der Waals surface area contributed by atoms with Gasteiger partial charge in [0.25, 0.3) is 0 Å². The third-order valence-corrected chi connectivity index (χ3v) is 2.55. The second-order valence-electron chi connectivity index (χ2n) is 3.59. The normalized spacial score (nSPS) is 9.89.